The zero-order valence-electron chi connectivity index (χ0n) is 16.5. The minimum Gasteiger partial charge on any atom is -0.497 e. The molecule has 2 aromatic rings. The summed E-state index contributed by atoms with van der Waals surface area (Å²) in [5, 5.41) is 2.21. The molecule has 8 heteroatoms. The van der Waals surface area contributed by atoms with Crippen LogP contribution < -0.4 is 19.9 Å². The number of anilines is 2. The lowest BCUT2D eigenvalue weighted by atomic mass is 9.96. The van der Waals surface area contributed by atoms with E-state index in [0.717, 1.165) is 22.6 Å². The van der Waals surface area contributed by atoms with Gasteiger partial charge in [0.2, 0.25) is 0 Å². The lowest BCUT2D eigenvalue weighted by molar-refractivity contribution is -0.122. The van der Waals surface area contributed by atoms with Gasteiger partial charge in [0.25, 0.3) is 11.8 Å². The minimum atomic E-state index is -0.829. The van der Waals surface area contributed by atoms with Crippen molar-refractivity contribution >= 4 is 29.2 Å². The zero-order chi connectivity index (χ0) is 21.4. The molecule has 1 N–H and O–H groups in total. The molecule has 0 aliphatic carbocycles. The number of fused-ring (bicyclic) bond motifs is 1. The van der Waals surface area contributed by atoms with Crippen LogP contribution in [-0.2, 0) is 16.0 Å². The number of methoxy groups -OCH3 is 1. The second kappa shape index (κ2) is 7.62. The number of halogens is 1. The number of benzene rings is 2. The van der Waals surface area contributed by atoms with E-state index in [2.05, 4.69) is 5.32 Å². The number of nitrogens with zero attached hydrogens (tertiary/aromatic N) is 2. The third-order valence-electron chi connectivity index (χ3n) is 5.31. The number of hydrogen-bond acceptors (Lipinski definition) is 5. The van der Waals surface area contributed by atoms with Gasteiger partial charge >= 0.3 is 6.03 Å². The van der Waals surface area contributed by atoms with E-state index in [1.807, 2.05) is 6.92 Å². The van der Waals surface area contributed by atoms with Gasteiger partial charge in [-0.3, -0.25) is 14.9 Å². The number of carbonyl (C=O) groups excluding carboxylic acids is 3. The van der Waals surface area contributed by atoms with Crippen molar-refractivity contribution in [2.45, 2.75) is 25.8 Å². The Hall–Kier alpha value is -3.68. The predicted molar refractivity (Wildman–Crippen MR) is 109 cm³/mol. The first-order chi connectivity index (χ1) is 14.4. The number of rotatable bonds is 3. The summed E-state index contributed by atoms with van der Waals surface area (Å²) < 4.78 is 18.8. The van der Waals surface area contributed by atoms with E-state index in [1.54, 1.807) is 29.2 Å². The summed E-state index contributed by atoms with van der Waals surface area (Å²) in [7, 11) is 1.48. The quantitative estimate of drug-likeness (QED) is 0.622. The molecule has 2 aromatic carbocycles. The molecule has 0 radical (unpaired) electrons. The Labute approximate surface area is 172 Å². The van der Waals surface area contributed by atoms with Crippen molar-refractivity contribution in [3.63, 3.8) is 0 Å². The van der Waals surface area contributed by atoms with E-state index in [0.29, 0.717) is 12.2 Å². The number of ether oxygens (including phenoxy) is 1. The fourth-order valence-corrected chi connectivity index (χ4v) is 3.71. The van der Waals surface area contributed by atoms with Crippen LogP contribution in [0.4, 0.5) is 20.6 Å². The number of nitrogens with one attached hydrogen (secondary N) is 1. The van der Waals surface area contributed by atoms with Gasteiger partial charge in [0.15, 0.2) is 0 Å². The maximum Gasteiger partial charge on any atom is 0.335 e. The monoisotopic (exact) mass is 409 g/mol. The highest BCUT2D eigenvalue weighted by Crippen LogP contribution is 2.33. The van der Waals surface area contributed by atoms with Gasteiger partial charge in [-0.25, -0.2) is 14.1 Å². The largest absolute Gasteiger partial charge is 0.497 e. The number of barbiturate groups is 1. The predicted octanol–water partition coefficient (Wildman–Crippen LogP) is 3.14. The molecule has 7 nitrogen and oxygen atoms in total. The molecule has 1 fully saturated rings. The number of aryl methyl sites for hydroxylation is 1. The van der Waals surface area contributed by atoms with E-state index >= 15 is 0 Å². The summed E-state index contributed by atoms with van der Waals surface area (Å²) in [6.45, 7) is 1.96. The fourth-order valence-electron chi connectivity index (χ4n) is 3.71. The van der Waals surface area contributed by atoms with Crippen molar-refractivity contribution in [2.24, 2.45) is 0 Å². The fraction of sp³-hybridized carbons (Fsp3) is 0.227. The van der Waals surface area contributed by atoms with Crippen LogP contribution in [0.15, 0.2) is 54.2 Å². The highest BCUT2D eigenvalue weighted by molar-refractivity contribution is 6.37. The molecule has 0 bridgehead atoms. The molecule has 0 saturated carbocycles. The van der Waals surface area contributed by atoms with E-state index in [4.69, 9.17) is 4.74 Å². The van der Waals surface area contributed by atoms with E-state index in [1.165, 1.54) is 31.5 Å². The van der Waals surface area contributed by atoms with Crippen LogP contribution in [0.3, 0.4) is 0 Å². The Morgan fingerprint density at radius 3 is 2.73 bits per heavy atom. The highest BCUT2D eigenvalue weighted by Gasteiger charge is 2.38. The van der Waals surface area contributed by atoms with Gasteiger partial charge in [0.1, 0.15) is 17.1 Å². The average molecular weight is 409 g/mol. The molecule has 0 spiro atoms. The van der Waals surface area contributed by atoms with Crippen LogP contribution in [0, 0.1) is 5.82 Å². The molecule has 4 rings (SSSR count). The van der Waals surface area contributed by atoms with Gasteiger partial charge in [0, 0.05) is 24.0 Å². The number of imide groups is 2. The molecular formula is C22H20FN3O4. The van der Waals surface area contributed by atoms with Gasteiger partial charge in [-0.05, 0) is 55.7 Å². The van der Waals surface area contributed by atoms with Crippen LogP contribution in [0.2, 0.25) is 0 Å². The lowest BCUT2D eigenvalue weighted by Gasteiger charge is -2.36. The first-order valence-electron chi connectivity index (χ1n) is 9.51. The van der Waals surface area contributed by atoms with Crippen LogP contribution >= 0.6 is 0 Å². The molecule has 2 heterocycles. The van der Waals surface area contributed by atoms with Crippen molar-refractivity contribution in [1.82, 2.24) is 5.32 Å². The first-order valence-corrected chi connectivity index (χ1v) is 9.51. The molecule has 2 aliphatic rings. The summed E-state index contributed by atoms with van der Waals surface area (Å²) >= 11 is 0. The van der Waals surface area contributed by atoms with E-state index in [-0.39, 0.29) is 23.1 Å². The zero-order valence-corrected chi connectivity index (χ0v) is 16.5. The van der Waals surface area contributed by atoms with Crippen molar-refractivity contribution in [2.75, 3.05) is 16.9 Å². The third-order valence-corrected chi connectivity index (χ3v) is 5.31. The number of hydrogen-bond donors (Lipinski definition) is 1. The van der Waals surface area contributed by atoms with E-state index < -0.39 is 17.8 Å². The van der Waals surface area contributed by atoms with Crippen LogP contribution in [0.25, 0.3) is 0 Å². The van der Waals surface area contributed by atoms with Gasteiger partial charge in [-0.2, -0.15) is 0 Å². The maximum atomic E-state index is 13.6. The molecule has 2 aliphatic heterocycles. The standard InChI is InChI=1S/C22H20FN3O4/c1-13-6-7-14-10-15(23)8-9-19(14)25(13)12-18-20(27)24-22(29)26(21(18)28)16-4-3-5-17(11-16)30-2/h3-5,8-13H,6-7H2,1-2H3,(H,24,27,29)/b18-12-/t13-/m1/s1. The normalized spacial score (nSPS) is 20.3. The SMILES string of the molecule is COc1cccc(N2C(=O)NC(=O)/C(=C/N3c4ccc(F)cc4CC[C@H]3C)C2=O)c1. The second-order valence-corrected chi connectivity index (χ2v) is 7.21. The molecule has 0 aromatic heterocycles. The molecule has 30 heavy (non-hydrogen) atoms. The van der Waals surface area contributed by atoms with Crippen molar-refractivity contribution in [3.8, 4) is 5.75 Å². The summed E-state index contributed by atoms with van der Waals surface area (Å²) in [6.07, 6.45) is 2.87. The lowest BCUT2D eigenvalue weighted by Crippen LogP contribution is -2.55. The van der Waals surface area contributed by atoms with Crippen molar-refractivity contribution < 1.29 is 23.5 Å². The third kappa shape index (κ3) is 3.41. The topological polar surface area (TPSA) is 79.0 Å². The number of amides is 4. The van der Waals surface area contributed by atoms with Gasteiger partial charge in [0.05, 0.1) is 12.8 Å². The second-order valence-electron chi connectivity index (χ2n) is 7.21. The molecule has 154 valence electrons. The summed E-state index contributed by atoms with van der Waals surface area (Å²) in [5.74, 6) is -1.38. The van der Waals surface area contributed by atoms with Crippen molar-refractivity contribution in [1.29, 1.82) is 0 Å². The molecule has 0 unspecified atom stereocenters. The Kier molecular flexibility index (Phi) is 4.99. The first kappa shape index (κ1) is 19.6. The van der Waals surface area contributed by atoms with Crippen LogP contribution in [-0.4, -0.2) is 31.0 Å². The molecule has 1 saturated heterocycles. The van der Waals surface area contributed by atoms with Crippen LogP contribution in [0.5, 0.6) is 5.75 Å². The van der Waals surface area contributed by atoms with Crippen molar-refractivity contribution in [3.05, 3.63) is 65.6 Å². The molecule has 1 atom stereocenters. The minimum absolute atomic E-state index is 0.0149. The van der Waals surface area contributed by atoms with Gasteiger partial charge in [-0.15, -0.1) is 0 Å². The highest BCUT2D eigenvalue weighted by atomic mass is 19.1. The van der Waals surface area contributed by atoms with Gasteiger partial charge < -0.3 is 9.64 Å². The van der Waals surface area contributed by atoms with Crippen LogP contribution in [0.1, 0.15) is 18.9 Å². The van der Waals surface area contributed by atoms with Gasteiger partial charge in [-0.1, -0.05) is 6.07 Å². The Balaban J connectivity index is 1.75. The smallest absolute Gasteiger partial charge is 0.335 e. The molecule has 4 amide bonds. The Morgan fingerprint density at radius 2 is 1.97 bits per heavy atom. The Morgan fingerprint density at radius 1 is 1.17 bits per heavy atom. The molecular weight excluding hydrogens is 389 g/mol. The van der Waals surface area contributed by atoms with E-state index in [9.17, 15) is 18.8 Å². The summed E-state index contributed by atoms with van der Waals surface area (Å²) in [6, 6.07) is 10.0. The number of carbonyl (C=O) groups is 3. The maximum absolute atomic E-state index is 13.6. The summed E-state index contributed by atoms with van der Waals surface area (Å²) in [4.78, 5) is 40.7. The average Bonchev–Trinajstić information content (AvgIpc) is 2.72. The number of urea groups is 1. The Bertz CT molecular complexity index is 1080. The summed E-state index contributed by atoms with van der Waals surface area (Å²) in [5.41, 5.74) is 1.63.